The van der Waals surface area contributed by atoms with Gasteiger partial charge in [-0.25, -0.2) is 4.98 Å². The van der Waals surface area contributed by atoms with Gasteiger partial charge in [-0.2, -0.15) is 0 Å². The Kier molecular flexibility index (Phi) is 4.70. The molecule has 0 N–H and O–H groups in total. The van der Waals surface area contributed by atoms with Crippen molar-refractivity contribution in [1.29, 1.82) is 0 Å². The first-order chi connectivity index (χ1) is 15.0. The molecule has 4 aromatic rings. The first-order valence-corrected chi connectivity index (χ1v) is 9.89. The van der Waals surface area contributed by atoms with Gasteiger partial charge in [-0.3, -0.25) is 9.36 Å². The molecule has 5 rings (SSSR count). The van der Waals surface area contributed by atoms with Gasteiger partial charge in [0.15, 0.2) is 11.6 Å². The molecule has 0 radical (unpaired) electrons. The molecular weight excluding hydrogens is 416 g/mol. The van der Waals surface area contributed by atoms with Crippen LogP contribution in [-0.4, -0.2) is 36.0 Å². The maximum Gasteiger partial charge on any atom is 0.250 e. The van der Waals surface area contributed by atoms with Crippen LogP contribution in [0.15, 0.2) is 47.7 Å². The van der Waals surface area contributed by atoms with Crippen LogP contribution in [0.2, 0.25) is 5.02 Å². The number of halogens is 1. The highest BCUT2D eigenvalue weighted by Gasteiger charge is 2.25. The quantitative estimate of drug-likeness (QED) is 0.400. The SMILES string of the molecule is COCc1nnc2n1Cc1c(C#Cc3ccc(=O)n(C)c3)ncn1-c1ccc(Cl)cc1-2. The standard InChI is InChI=1S/C22H17ClN6O2/c1-27-10-14(4-8-21(27)30)3-6-17-19-11-28-20(12-31-2)25-26-22(28)16-9-15(23)5-7-18(16)29(19)13-24-17/h4-5,7-10,13H,11-12H2,1-2H3. The van der Waals surface area contributed by atoms with Gasteiger partial charge in [-0.05, 0) is 30.2 Å². The molecule has 0 amide bonds. The summed E-state index contributed by atoms with van der Waals surface area (Å²) < 4.78 is 10.8. The van der Waals surface area contributed by atoms with Crippen molar-refractivity contribution in [2.24, 2.45) is 7.05 Å². The topological polar surface area (TPSA) is 79.8 Å². The molecule has 1 aromatic carbocycles. The van der Waals surface area contributed by atoms with Crippen LogP contribution in [-0.2, 0) is 24.9 Å². The van der Waals surface area contributed by atoms with E-state index in [1.807, 2.05) is 27.3 Å². The molecule has 1 aliphatic heterocycles. The number of imidazole rings is 1. The predicted octanol–water partition coefficient (Wildman–Crippen LogP) is 2.39. The van der Waals surface area contributed by atoms with E-state index in [0.717, 1.165) is 22.5 Å². The Morgan fingerprint density at radius 2 is 2.06 bits per heavy atom. The molecule has 31 heavy (non-hydrogen) atoms. The zero-order valence-electron chi connectivity index (χ0n) is 16.8. The fraction of sp³-hybridized carbons (Fsp3) is 0.182. The fourth-order valence-corrected chi connectivity index (χ4v) is 3.79. The Balaban J connectivity index is 1.67. The van der Waals surface area contributed by atoms with Crippen molar-refractivity contribution in [3.05, 3.63) is 81.0 Å². The number of aromatic nitrogens is 6. The molecule has 4 heterocycles. The van der Waals surface area contributed by atoms with E-state index >= 15 is 0 Å². The molecule has 0 spiro atoms. The van der Waals surface area contributed by atoms with Gasteiger partial charge in [0.25, 0.3) is 0 Å². The van der Waals surface area contributed by atoms with E-state index in [9.17, 15) is 4.79 Å². The summed E-state index contributed by atoms with van der Waals surface area (Å²) in [5.74, 6) is 7.67. The summed E-state index contributed by atoms with van der Waals surface area (Å²) in [6.45, 7) is 0.806. The van der Waals surface area contributed by atoms with Crippen LogP contribution in [0.25, 0.3) is 17.1 Å². The van der Waals surface area contributed by atoms with E-state index in [1.165, 1.54) is 10.6 Å². The second kappa shape index (κ2) is 7.54. The van der Waals surface area contributed by atoms with Crippen LogP contribution < -0.4 is 5.56 Å². The molecular formula is C22H17ClN6O2. The van der Waals surface area contributed by atoms with Crippen LogP contribution in [0.5, 0.6) is 0 Å². The molecule has 0 atom stereocenters. The predicted molar refractivity (Wildman–Crippen MR) is 115 cm³/mol. The first-order valence-electron chi connectivity index (χ1n) is 9.51. The molecule has 0 bridgehead atoms. The van der Waals surface area contributed by atoms with E-state index in [-0.39, 0.29) is 5.56 Å². The third kappa shape index (κ3) is 3.34. The summed E-state index contributed by atoms with van der Waals surface area (Å²) in [7, 11) is 3.32. The molecule has 1 aliphatic rings. The minimum atomic E-state index is -0.0810. The van der Waals surface area contributed by atoms with Crippen LogP contribution in [0.3, 0.4) is 0 Å². The number of nitrogens with zero attached hydrogens (tertiary/aromatic N) is 6. The highest BCUT2D eigenvalue weighted by Crippen LogP contribution is 2.34. The highest BCUT2D eigenvalue weighted by atomic mass is 35.5. The number of aryl methyl sites for hydroxylation is 1. The van der Waals surface area contributed by atoms with E-state index < -0.39 is 0 Å². The van der Waals surface area contributed by atoms with Crippen molar-refractivity contribution < 1.29 is 4.74 Å². The summed E-state index contributed by atoms with van der Waals surface area (Å²) in [5.41, 5.74) is 3.95. The molecule has 154 valence electrons. The van der Waals surface area contributed by atoms with Crippen molar-refractivity contribution in [1.82, 2.24) is 28.9 Å². The lowest BCUT2D eigenvalue weighted by molar-refractivity contribution is 0.174. The normalized spacial score (nSPS) is 11.7. The Morgan fingerprint density at radius 1 is 1.19 bits per heavy atom. The number of ether oxygens (including phenoxy) is 1. The summed E-state index contributed by atoms with van der Waals surface area (Å²) >= 11 is 6.28. The van der Waals surface area contributed by atoms with Crippen molar-refractivity contribution in [3.8, 4) is 28.9 Å². The van der Waals surface area contributed by atoms with Gasteiger partial charge in [0.1, 0.15) is 18.6 Å². The van der Waals surface area contributed by atoms with E-state index in [1.54, 1.807) is 32.7 Å². The largest absolute Gasteiger partial charge is 0.377 e. The Morgan fingerprint density at radius 3 is 2.87 bits per heavy atom. The monoisotopic (exact) mass is 432 g/mol. The smallest absolute Gasteiger partial charge is 0.250 e. The number of methoxy groups -OCH3 is 1. The summed E-state index contributed by atoms with van der Waals surface area (Å²) in [6.07, 6.45) is 3.46. The van der Waals surface area contributed by atoms with Crippen LogP contribution in [0.1, 0.15) is 22.8 Å². The maximum atomic E-state index is 11.6. The summed E-state index contributed by atoms with van der Waals surface area (Å²) in [5, 5.41) is 9.31. The third-order valence-corrected chi connectivity index (χ3v) is 5.38. The molecule has 0 saturated carbocycles. The van der Waals surface area contributed by atoms with Gasteiger partial charge >= 0.3 is 0 Å². The first kappa shape index (κ1) is 19.3. The second-order valence-electron chi connectivity index (χ2n) is 7.15. The maximum absolute atomic E-state index is 11.6. The van der Waals surface area contributed by atoms with E-state index in [0.29, 0.717) is 35.5 Å². The average molecular weight is 433 g/mol. The van der Waals surface area contributed by atoms with E-state index in [2.05, 4.69) is 27.0 Å². The Hall–Kier alpha value is -3.67. The zero-order chi connectivity index (χ0) is 21.5. The van der Waals surface area contributed by atoms with Crippen molar-refractivity contribution >= 4 is 11.6 Å². The van der Waals surface area contributed by atoms with Crippen molar-refractivity contribution in [3.63, 3.8) is 0 Å². The van der Waals surface area contributed by atoms with Gasteiger partial charge in [-0.15, -0.1) is 10.2 Å². The third-order valence-electron chi connectivity index (χ3n) is 5.15. The Labute approximate surface area is 182 Å². The van der Waals surface area contributed by atoms with Crippen LogP contribution in [0, 0.1) is 11.8 Å². The van der Waals surface area contributed by atoms with Crippen molar-refractivity contribution in [2.45, 2.75) is 13.2 Å². The number of pyridine rings is 1. The molecule has 0 aliphatic carbocycles. The van der Waals surface area contributed by atoms with Gasteiger partial charge in [0.05, 0.1) is 17.9 Å². The van der Waals surface area contributed by atoms with Crippen LogP contribution in [0.4, 0.5) is 0 Å². The lowest BCUT2D eigenvalue weighted by Gasteiger charge is -2.08. The fourth-order valence-electron chi connectivity index (χ4n) is 3.62. The van der Waals surface area contributed by atoms with E-state index in [4.69, 9.17) is 16.3 Å². The summed E-state index contributed by atoms with van der Waals surface area (Å²) in [6, 6.07) is 8.85. The zero-order valence-corrected chi connectivity index (χ0v) is 17.6. The van der Waals surface area contributed by atoms with Gasteiger partial charge in [0, 0.05) is 42.6 Å². The van der Waals surface area contributed by atoms with Crippen LogP contribution >= 0.6 is 11.6 Å². The number of rotatable bonds is 2. The molecule has 0 saturated heterocycles. The molecule has 9 heteroatoms. The molecule has 0 unspecified atom stereocenters. The number of fused-ring (bicyclic) bond motifs is 5. The average Bonchev–Trinajstić information content (AvgIpc) is 3.30. The van der Waals surface area contributed by atoms with Gasteiger partial charge in [0.2, 0.25) is 5.56 Å². The minimum absolute atomic E-state index is 0.0810. The molecule has 0 fully saturated rings. The lowest BCUT2D eigenvalue weighted by atomic mass is 10.1. The second-order valence-corrected chi connectivity index (χ2v) is 7.58. The Bertz CT molecular complexity index is 1440. The lowest BCUT2D eigenvalue weighted by Crippen LogP contribution is -2.14. The number of hydrogen-bond acceptors (Lipinski definition) is 5. The number of benzene rings is 1. The molecule has 3 aromatic heterocycles. The number of hydrogen-bond donors (Lipinski definition) is 0. The van der Waals surface area contributed by atoms with Crippen molar-refractivity contribution in [2.75, 3.05) is 7.11 Å². The summed E-state index contributed by atoms with van der Waals surface area (Å²) in [4.78, 5) is 16.2. The molecule has 8 nitrogen and oxygen atoms in total. The van der Waals surface area contributed by atoms with Gasteiger partial charge < -0.3 is 13.9 Å². The van der Waals surface area contributed by atoms with Gasteiger partial charge in [-0.1, -0.05) is 17.5 Å². The minimum Gasteiger partial charge on any atom is -0.377 e. The highest BCUT2D eigenvalue weighted by molar-refractivity contribution is 6.31.